The second-order valence-corrected chi connectivity index (χ2v) is 7.04. The fourth-order valence-corrected chi connectivity index (χ4v) is 3.24. The Labute approximate surface area is 190 Å². The highest BCUT2D eigenvalue weighted by Crippen LogP contribution is 2.27. The highest BCUT2D eigenvalue weighted by atomic mass is 16.5. The molecule has 0 bridgehead atoms. The Kier molecular flexibility index (Phi) is 7.57. The van der Waals surface area contributed by atoms with Crippen molar-refractivity contribution < 1.29 is 38.1 Å². The second kappa shape index (κ2) is 10.6. The minimum atomic E-state index is -0.966. The fraction of sp³-hybridized carbons (Fsp3) is 0.250. The lowest BCUT2D eigenvalue weighted by Gasteiger charge is -2.31. The predicted octanol–water partition coefficient (Wildman–Crippen LogP) is 2.51. The standard InChI is InChI=1S/C24H23NO8/c1-15(21(26)16-7-5-4-6-8-16)33-22(27)17-9-11-18(12-10-17)25-14-32-13-19(23(28)30-2)20(25)24(29)31-3/h4-12,15H,13-14H2,1-3H3. The van der Waals surface area contributed by atoms with Crippen molar-refractivity contribution in [2.24, 2.45) is 0 Å². The topological polar surface area (TPSA) is 108 Å². The molecular weight excluding hydrogens is 430 g/mol. The van der Waals surface area contributed by atoms with Crippen molar-refractivity contribution in [3.8, 4) is 0 Å². The van der Waals surface area contributed by atoms with Gasteiger partial charge >= 0.3 is 17.9 Å². The number of nitrogens with zero attached hydrogens (tertiary/aromatic N) is 1. The third-order valence-corrected chi connectivity index (χ3v) is 4.96. The summed E-state index contributed by atoms with van der Waals surface area (Å²) in [6.45, 7) is 1.39. The number of esters is 3. The number of anilines is 1. The smallest absolute Gasteiger partial charge is 0.355 e. The van der Waals surface area contributed by atoms with Gasteiger partial charge in [0, 0.05) is 11.3 Å². The number of hydrogen-bond acceptors (Lipinski definition) is 9. The summed E-state index contributed by atoms with van der Waals surface area (Å²) in [6.07, 6.45) is -0.966. The van der Waals surface area contributed by atoms with Crippen molar-refractivity contribution in [2.45, 2.75) is 13.0 Å². The molecule has 0 N–H and O–H groups in total. The number of ketones is 1. The van der Waals surface area contributed by atoms with E-state index in [-0.39, 0.29) is 36.0 Å². The van der Waals surface area contributed by atoms with Gasteiger partial charge in [0.2, 0.25) is 5.78 Å². The lowest BCUT2D eigenvalue weighted by molar-refractivity contribution is -0.140. The molecule has 1 heterocycles. The predicted molar refractivity (Wildman–Crippen MR) is 116 cm³/mol. The molecule has 1 atom stereocenters. The van der Waals surface area contributed by atoms with E-state index in [9.17, 15) is 19.2 Å². The number of hydrogen-bond donors (Lipinski definition) is 0. The number of methoxy groups -OCH3 is 2. The summed E-state index contributed by atoms with van der Waals surface area (Å²) in [6, 6.07) is 14.6. The lowest BCUT2D eigenvalue weighted by atomic mass is 10.1. The molecule has 2 aromatic rings. The van der Waals surface area contributed by atoms with Gasteiger partial charge in [0.1, 0.15) is 12.4 Å². The van der Waals surface area contributed by atoms with Crippen LogP contribution >= 0.6 is 0 Å². The number of ether oxygens (including phenoxy) is 4. The van der Waals surface area contributed by atoms with Crippen LogP contribution in [0.2, 0.25) is 0 Å². The Balaban J connectivity index is 1.78. The van der Waals surface area contributed by atoms with Gasteiger partial charge < -0.3 is 23.8 Å². The molecule has 0 amide bonds. The summed E-state index contributed by atoms with van der Waals surface area (Å²) < 4.78 is 20.3. The molecule has 1 aliphatic rings. The minimum Gasteiger partial charge on any atom is -0.466 e. The molecule has 1 unspecified atom stereocenters. The van der Waals surface area contributed by atoms with Gasteiger partial charge in [-0.25, -0.2) is 14.4 Å². The Morgan fingerprint density at radius 3 is 2.09 bits per heavy atom. The molecule has 0 saturated carbocycles. The summed E-state index contributed by atoms with van der Waals surface area (Å²) in [7, 11) is 2.40. The van der Waals surface area contributed by atoms with Crippen LogP contribution in [0.15, 0.2) is 65.9 Å². The second-order valence-electron chi connectivity index (χ2n) is 7.04. The zero-order valence-corrected chi connectivity index (χ0v) is 18.4. The maximum absolute atomic E-state index is 12.5. The molecule has 0 radical (unpaired) electrons. The van der Waals surface area contributed by atoms with Crippen LogP contribution in [-0.4, -0.2) is 57.4 Å². The van der Waals surface area contributed by atoms with E-state index in [1.807, 2.05) is 0 Å². The largest absolute Gasteiger partial charge is 0.466 e. The number of rotatable bonds is 7. The molecule has 0 spiro atoms. The van der Waals surface area contributed by atoms with Crippen LogP contribution in [0.3, 0.4) is 0 Å². The van der Waals surface area contributed by atoms with Gasteiger partial charge in [-0.1, -0.05) is 30.3 Å². The van der Waals surface area contributed by atoms with Crippen LogP contribution in [0.4, 0.5) is 5.69 Å². The van der Waals surface area contributed by atoms with Crippen LogP contribution in [0.1, 0.15) is 27.6 Å². The quantitative estimate of drug-likeness (QED) is 0.355. The maximum atomic E-state index is 12.5. The fourth-order valence-electron chi connectivity index (χ4n) is 3.24. The first-order valence-electron chi connectivity index (χ1n) is 10.0. The molecular formula is C24H23NO8. The summed E-state index contributed by atoms with van der Waals surface area (Å²) in [5.41, 5.74) is 1.14. The number of Topliss-reactive ketones (excluding diaryl/α,β-unsaturated/α-hetero) is 1. The first-order valence-corrected chi connectivity index (χ1v) is 10.0. The minimum absolute atomic E-state index is 0.00648. The number of carbonyl (C=O) groups is 4. The van der Waals surface area contributed by atoms with E-state index in [1.54, 1.807) is 42.5 Å². The summed E-state index contributed by atoms with van der Waals surface area (Å²) in [5.74, 6) is -2.42. The molecule has 0 saturated heterocycles. The van der Waals surface area contributed by atoms with Gasteiger partial charge in [-0.3, -0.25) is 4.79 Å². The van der Waals surface area contributed by atoms with Gasteiger partial charge in [0.05, 0.1) is 32.0 Å². The molecule has 172 valence electrons. The highest BCUT2D eigenvalue weighted by molar-refractivity contribution is 6.04. The van der Waals surface area contributed by atoms with Crippen molar-refractivity contribution >= 4 is 29.4 Å². The van der Waals surface area contributed by atoms with E-state index < -0.39 is 24.0 Å². The van der Waals surface area contributed by atoms with Crippen LogP contribution in [0.25, 0.3) is 0 Å². The first-order chi connectivity index (χ1) is 15.9. The average molecular weight is 453 g/mol. The summed E-state index contributed by atoms with van der Waals surface area (Å²) >= 11 is 0. The van der Waals surface area contributed by atoms with E-state index in [1.165, 1.54) is 38.2 Å². The first kappa shape index (κ1) is 23.7. The maximum Gasteiger partial charge on any atom is 0.355 e. The van der Waals surface area contributed by atoms with Crippen molar-refractivity contribution in [3.63, 3.8) is 0 Å². The van der Waals surface area contributed by atoms with Crippen molar-refractivity contribution in [2.75, 3.05) is 32.5 Å². The molecule has 9 nitrogen and oxygen atoms in total. The van der Waals surface area contributed by atoms with Gasteiger partial charge in [0.15, 0.2) is 6.10 Å². The van der Waals surface area contributed by atoms with Gasteiger partial charge in [0.25, 0.3) is 0 Å². The molecule has 0 fully saturated rings. The molecule has 0 aliphatic carbocycles. The lowest BCUT2D eigenvalue weighted by Crippen LogP contribution is -2.38. The zero-order chi connectivity index (χ0) is 24.0. The summed E-state index contributed by atoms with van der Waals surface area (Å²) in [5, 5.41) is 0. The molecule has 3 rings (SSSR count). The molecule has 9 heteroatoms. The molecule has 1 aliphatic heterocycles. The van der Waals surface area contributed by atoms with E-state index in [0.29, 0.717) is 11.3 Å². The third-order valence-electron chi connectivity index (χ3n) is 4.96. The summed E-state index contributed by atoms with van der Waals surface area (Å²) in [4.78, 5) is 50.9. The average Bonchev–Trinajstić information content (AvgIpc) is 2.87. The van der Waals surface area contributed by atoms with E-state index in [4.69, 9.17) is 18.9 Å². The van der Waals surface area contributed by atoms with Crippen LogP contribution < -0.4 is 4.90 Å². The molecule has 0 aromatic heterocycles. The van der Waals surface area contributed by atoms with E-state index >= 15 is 0 Å². The monoisotopic (exact) mass is 453 g/mol. The van der Waals surface area contributed by atoms with Crippen molar-refractivity contribution in [1.29, 1.82) is 0 Å². The van der Waals surface area contributed by atoms with E-state index in [0.717, 1.165) is 0 Å². The third kappa shape index (κ3) is 5.27. The van der Waals surface area contributed by atoms with Crippen molar-refractivity contribution in [1.82, 2.24) is 0 Å². The Hall–Kier alpha value is -3.98. The Morgan fingerprint density at radius 1 is 0.848 bits per heavy atom. The number of benzene rings is 2. The molecule has 2 aromatic carbocycles. The van der Waals surface area contributed by atoms with Gasteiger partial charge in [-0.15, -0.1) is 0 Å². The Morgan fingerprint density at radius 2 is 1.48 bits per heavy atom. The zero-order valence-electron chi connectivity index (χ0n) is 18.4. The van der Waals surface area contributed by atoms with Gasteiger partial charge in [-0.05, 0) is 31.2 Å². The SMILES string of the molecule is COC(=O)C1=C(C(=O)OC)N(c2ccc(C(=O)OC(C)C(=O)c3ccccc3)cc2)COC1. The van der Waals surface area contributed by atoms with Crippen LogP contribution in [0, 0.1) is 0 Å². The number of carbonyl (C=O) groups excluding carboxylic acids is 4. The normalized spacial score (nSPS) is 14.3. The van der Waals surface area contributed by atoms with Crippen LogP contribution in [0.5, 0.6) is 0 Å². The van der Waals surface area contributed by atoms with Crippen LogP contribution in [-0.2, 0) is 28.5 Å². The van der Waals surface area contributed by atoms with Crippen molar-refractivity contribution in [3.05, 3.63) is 77.0 Å². The molecule has 33 heavy (non-hydrogen) atoms. The van der Waals surface area contributed by atoms with E-state index in [2.05, 4.69) is 0 Å². The highest BCUT2D eigenvalue weighted by Gasteiger charge is 2.32. The van der Waals surface area contributed by atoms with Gasteiger partial charge in [-0.2, -0.15) is 0 Å². The Bertz CT molecular complexity index is 1080.